The molecule has 0 spiro atoms. The summed E-state index contributed by atoms with van der Waals surface area (Å²) in [6.45, 7) is 1.38. The fourth-order valence-corrected chi connectivity index (χ4v) is 3.18. The van der Waals surface area contributed by atoms with Crippen LogP contribution < -0.4 is 10.6 Å². The Hall–Kier alpha value is -4.04. The maximum atomic E-state index is 12.3. The average Bonchev–Trinajstić information content (AvgIpc) is 3.21. The Labute approximate surface area is 185 Å². The molecule has 0 atom stereocenters. The van der Waals surface area contributed by atoms with Crippen molar-refractivity contribution in [2.24, 2.45) is 0 Å². The van der Waals surface area contributed by atoms with Gasteiger partial charge < -0.3 is 10.2 Å². The zero-order valence-corrected chi connectivity index (χ0v) is 17.9. The number of amides is 2. The second-order valence-electron chi connectivity index (χ2n) is 7.61. The number of aromatic nitrogens is 3. The number of likely N-dealkylation sites (N-methyl/N-ethyl adjacent to an activating group) is 1. The van der Waals surface area contributed by atoms with Crippen LogP contribution in [-0.4, -0.2) is 58.5 Å². The van der Waals surface area contributed by atoms with E-state index < -0.39 is 0 Å². The Morgan fingerprint density at radius 3 is 2.28 bits per heavy atom. The normalized spacial score (nSPS) is 11.0. The van der Waals surface area contributed by atoms with Crippen LogP contribution >= 0.6 is 0 Å². The minimum Gasteiger partial charge on any atom is -0.351 e. The molecule has 162 valence electrons. The number of hydrogen-bond acceptors (Lipinski definition) is 5. The van der Waals surface area contributed by atoms with Gasteiger partial charge in [-0.1, -0.05) is 30.3 Å². The molecular weight excluding hydrogens is 404 g/mol. The summed E-state index contributed by atoms with van der Waals surface area (Å²) in [5, 5.41) is 9.99. The van der Waals surface area contributed by atoms with Gasteiger partial charge in [0.25, 0.3) is 11.8 Å². The molecule has 0 saturated heterocycles. The number of nitrogens with one attached hydrogen (secondary N) is 2. The van der Waals surface area contributed by atoms with Crippen molar-refractivity contribution >= 4 is 23.4 Å². The van der Waals surface area contributed by atoms with Gasteiger partial charge in [0.15, 0.2) is 5.65 Å². The molecule has 32 heavy (non-hydrogen) atoms. The van der Waals surface area contributed by atoms with Crippen molar-refractivity contribution in [1.29, 1.82) is 0 Å². The van der Waals surface area contributed by atoms with Gasteiger partial charge in [-0.25, -0.2) is 4.52 Å². The lowest BCUT2D eigenvalue weighted by molar-refractivity contribution is 0.0950. The predicted octanol–water partition coefficient (Wildman–Crippen LogP) is 2.94. The molecule has 0 bridgehead atoms. The quantitative estimate of drug-likeness (QED) is 0.472. The lowest BCUT2D eigenvalue weighted by Crippen LogP contribution is -2.31. The second-order valence-corrected chi connectivity index (χ2v) is 7.61. The predicted molar refractivity (Wildman–Crippen MR) is 124 cm³/mol. The van der Waals surface area contributed by atoms with E-state index in [2.05, 4.69) is 20.7 Å². The lowest BCUT2D eigenvalue weighted by atomic mass is 10.1. The van der Waals surface area contributed by atoms with Crippen LogP contribution in [0.15, 0.2) is 72.9 Å². The van der Waals surface area contributed by atoms with E-state index >= 15 is 0 Å². The van der Waals surface area contributed by atoms with Crippen molar-refractivity contribution in [1.82, 2.24) is 24.8 Å². The monoisotopic (exact) mass is 428 g/mol. The summed E-state index contributed by atoms with van der Waals surface area (Å²) in [6, 6.07) is 20.1. The van der Waals surface area contributed by atoms with Gasteiger partial charge in [-0.15, -0.1) is 5.10 Å². The number of fused-ring (bicyclic) bond motifs is 1. The number of benzene rings is 2. The summed E-state index contributed by atoms with van der Waals surface area (Å²) < 4.78 is 1.62. The molecule has 4 aromatic rings. The number of hydrogen-bond donors (Lipinski definition) is 2. The number of carbonyl (C=O) groups is 2. The highest BCUT2D eigenvalue weighted by Crippen LogP contribution is 2.21. The van der Waals surface area contributed by atoms with E-state index in [4.69, 9.17) is 0 Å². The first kappa shape index (κ1) is 21.2. The van der Waals surface area contributed by atoms with Crippen molar-refractivity contribution in [3.05, 3.63) is 84.1 Å². The molecule has 0 aliphatic rings. The van der Waals surface area contributed by atoms with E-state index in [1.54, 1.807) is 40.9 Å². The Kier molecular flexibility index (Phi) is 6.23. The highest BCUT2D eigenvalue weighted by atomic mass is 16.2. The van der Waals surface area contributed by atoms with E-state index in [0.717, 1.165) is 17.7 Å². The van der Waals surface area contributed by atoms with E-state index in [9.17, 15) is 9.59 Å². The molecule has 8 heteroatoms. The second kappa shape index (κ2) is 9.40. The molecule has 2 aromatic carbocycles. The van der Waals surface area contributed by atoms with E-state index in [1.165, 1.54) is 0 Å². The molecule has 0 aliphatic carbocycles. The summed E-state index contributed by atoms with van der Waals surface area (Å²) in [4.78, 5) is 31.0. The molecule has 4 rings (SSSR count). The molecule has 2 aromatic heterocycles. The van der Waals surface area contributed by atoms with E-state index in [1.807, 2.05) is 55.5 Å². The Morgan fingerprint density at radius 2 is 1.56 bits per heavy atom. The summed E-state index contributed by atoms with van der Waals surface area (Å²) in [7, 11) is 3.93. The first-order valence-electron chi connectivity index (χ1n) is 10.3. The molecule has 2 heterocycles. The maximum absolute atomic E-state index is 12.3. The highest BCUT2D eigenvalue weighted by Gasteiger charge is 2.11. The number of carbonyl (C=O) groups excluding carboxylic acids is 2. The van der Waals surface area contributed by atoms with Crippen molar-refractivity contribution < 1.29 is 9.59 Å². The first-order chi connectivity index (χ1) is 15.5. The number of nitrogens with zero attached hydrogens (tertiary/aromatic N) is 4. The van der Waals surface area contributed by atoms with Crippen molar-refractivity contribution in [2.45, 2.75) is 0 Å². The molecular formula is C24H24N6O2. The number of pyridine rings is 1. The zero-order valence-electron chi connectivity index (χ0n) is 17.9. The van der Waals surface area contributed by atoms with E-state index in [0.29, 0.717) is 23.3 Å². The topological polar surface area (TPSA) is 91.6 Å². The van der Waals surface area contributed by atoms with Gasteiger partial charge in [-0.05, 0) is 56.1 Å². The summed E-state index contributed by atoms with van der Waals surface area (Å²) in [5.74, 6) is -0.120. The fourth-order valence-electron chi connectivity index (χ4n) is 3.18. The van der Waals surface area contributed by atoms with Gasteiger partial charge in [0.05, 0.1) is 0 Å². The smallest absolute Gasteiger partial charge is 0.258 e. The minimum absolute atomic E-state index is 0.0936. The third-order valence-corrected chi connectivity index (χ3v) is 4.92. The van der Waals surface area contributed by atoms with Gasteiger partial charge in [0.1, 0.15) is 0 Å². The molecule has 2 N–H and O–H groups in total. The van der Waals surface area contributed by atoms with Crippen LogP contribution in [0.1, 0.15) is 20.7 Å². The Morgan fingerprint density at radius 1 is 0.875 bits per heavy atom. The van der Waals surface area contributed by atoms with E-state index in [-0.39, 0.29) is 17.8 Å². The third kappa shape index (κ3) is 4.98. The Balaban J connectivity index is 1.46. The average molecular weight is 428 g/mol. The lowest BCUT2D eigenvalue weighted by Gasteiger charge is -2.10. The molecule has 0 unspecified atom stereocenters. The standard InChI is InChI=1S/C24H24N6O2/c1-29(2)15-14-25-22(31)19-10-8-17(9-11-19)20-12-13-21-26-24(28-30(21)16-20)27-23(32)18-6-4-3-5-7-18/h3-13,16H,14-15H2,1-2H3,(H,25,31)(H,27,28,32). The van der Waals surface area contributed by atoms with Gasteiger partial charge >= 0.3 is 0 Å². The molecule has 0 aliphatic heterocycles. The van der Waals surface area contributed by atoms with Crippen LogP contribution in [0.4, 0.5) is 5.95 Å². The molecule has 0 saturated carbocycles. The highest BCUT2D eigenvalue weighted by molar-refractivity contribution is 6.03. The first-order valence-corrected chi connectivity index (χ1v) is 10.3. The summed E-state index contributed by atoms with van der Waals surface area (Å²) in [6.07, 6.45) is 1.84. The molecule has 2 amide bonds. The molecule has 8 nitrogen and oxygen atoms in total. The third-order valence-electron chi connectivity index (χ3n) is 4.92. The van der Waals surface area contributed by atoms with Crippen LogP contribution in [0.5, 0.6) is 0 Å². The fraction of sp³-hybridized carbons (Fsp3) is 0.167. The largest absolute Gasteiger partial charge is 0.351 e. The van der Waals surface area contributed by atoms with Crippen LogP contribution in [-0.2, 0) is 0 Å². The minimum atomic E-state index is -0.263. The number of rotatable bonds is 7. The zero-order chi connectivity index (χ0) is 22.5. The SMILES string of the molecule is CN(C)CCNC(=O)c1ccc(-c2ccc3nc(NC(=O)c4ccccc4)nn3c2)cc1. The summed E-state index contributed by atoms with van der Waals surface area (Å²) >= 11 is 0. The molecule has 0 fully saturated rings. The maximum Gasteiger partial charge on any atom is 0.258 e. The molecule has 0 radical (unpaired) electrons. The summed E-state index contributed by atoms with van der Waals surface area (Å²) in [5.41, 5.74) is 3.64. The van der Waals surface area contributed by atoms with Crippen LogP contribution in [0, 0.1) is 0 Å². The van der Waals surface area contributed by atoms with Crippen molar-refractivity contribution in [3.63, 3.8) is 0 Å². The van der Waals surface area contributed by atoms with Gasteiger partial charge in [0, 0.05) is 36.0 Å². The van der Waals surface area contributed by atoms with Crippen LogP contribution in [0.25, 0.3) is 16.8 Å². The van der Waals surface area contributed by atoms with Gasteiger partial charge in [-0.3, -0.25) is 14.9 Å². The van der Waals surface area contributed by atoms with Crippen LogP contribution in [0.3, 0.4) is 0 Å². The Bertz CT molecular complexity index is 1230. The van der Waals surface area contributed by atoms with Gasteiger partial charge in [0.2, 0.25) is 5.95 Å². The van der Waals surface area contributed by atoms with Crippen LogP contribution in [0.2, 0.25) is 0 Å². The van der Waals surface area contributed by atoms with Crippen molar-refractivity contribution in [2.75, 3.05) is 32.5 Å². The number of anilines is 1. The van der Waals surface area contributed by atoms with Crippen molar-refractivity contribution in [3.8, 4) is 11.1 Å². The van der Waals surface area contributed by atoms with Gasteiger partial charge in [-0.2, -0.15) is 4.98 Å².